The minimum atomic E-state index is -0.847. The van der Waals surface area contributed by atoms with E-state index in [1.165, 1.54) is 11.8 Å². The Morgan fingerprint density at radius 1 is 1.43 bits per heavy atom. The summed E-state index contributed by atoms with van der Waals surface area (Å²) in [5.41, 5.74) is 0. The Morgan fingerprint density at radius 2 is 2.10 bits per heavy atom. The number of aromatic nitrogens is 3. The third kappa shape index (κ3) is 3.88. The second-order valence-corrected chi connectivity index (χ2v) is 6.29. The van der Waals surface area contributed by atoms with E-state index in [-0.39, 0.29) is 11.8 Å². The molecular formula is C13H22N4O3S. The van der Waals surface area contributed by atoms with Crippen molar-refractivity contribution in [2.24, 2.45) is 0 Å². The summed E-state index contributed by atoms with van der Waals surface area (Å²) < 4.78 is 7.40. The van der Waals surface area contributed by atoms with E-state index in [0.29, 0.717) is 11.3 Å². The third-order valence-corrected chi connectivity index (χ3v) is 4.47. The fourth-order valence-corrected chi connectivity index (χ4v) is 3.24. The largest absolute Gasteiger partial charge is 0.481 e. The average molecular weight is 314 g/mol. The summed E-state index contributed by atoms with van der Waals surface area (Å²) in [6.45, 7) is 5.87. The Morgan fingerprint density at radius 3 is 2.62 bits per heavy atom. The molecule has 1 aliphatic rings. The zero-order chi connectivity index (χ0) is 15.4. The van der Waals surface area contributed by atoms with Crippen LogP contribution in [0.4, 0.5) is 5.95 Å². The number of carboxylic acids is 1. The molecule has 8 heteroatoms. The normalized spacial score (nSPS) is 16.7. The molecule has 21 heavy (non-hydrogen) atoms. The van der Waals surface area contributed by atoms with Crippen LogP contribution in [0, 0.1) is 0 Å². The van der Waals surface area contributed by atoms with Crippen molar-refractivity contribution in [2.75, 3.05) is 30.9 Å². The molecule has 0 unspecified atom stereocenters. The Hall–Kier alpha value is -1.28. The molecule has 1 N–H and O–H groups in total. The van der Waals surface area contributed by atoms with Crippen LogP contribution in [0.1, 0.15) is 32.7 Å². The van der Waals surface area contributed by atoms with Crippen LogP contribution in [-0.2, 0) is 9.53 Å². The molecule has 7 nitrogen and oxygen atoms in total. The van der Waals surface area contributed by atoms with Crippen LogP contribution in [0.15, 0.2) is 5.16 Å². The monoisotopic (exact) mass is 314 g/mol. The molecule has 0 amide bonds. The van der Waals surface area contributed by atoms with E-state index in [4.69, 9.17) is 9.84 Å². The van der Waals surface area contributed by atoms with Crippen molar-refractivity contribution in [3.8, 4) is 0 Å². The van der Waals surface area contributed by atoms with Crippen LogP contribution in [0.25, 0.3) is 0 Å². The van der Waals surface area contributed by atoms with Crippen LogP contribution in [0.5, 0.6) is 0 Å². The van der Waals surface area contributed by atoms with Gasteiger partial charge in [0, 0.05) is 26.2 Å². The summed E-state index contributed by atoms with van der Waals surface area (Å²) in [6, 6.07) is 0.187. The molecule has 1 aromatic rings. The molecule has 1 aromatic heterocycles. The van der Waals surface area contributed by atoms with Gasteiger partial charge in [-0.15, -0.1) is 10.2 Å². The zero-order valence-corrected chi connectivity index (χ0v) is 13.5. The summed E-state index contributed by atoms with van der Waals surface area (Å²) in [5, 5.41) is 17.9. The third-order valence-electron chi connectivity index (χ3n) is 3.55. The van der Waals surface area contributed by atoms with E-state index in [9.17, 15) is 4.79 Å². The Bertz CT molecular complexity index is 484. The summed E-state index contributed by atoms with van der Waals surface area (Å²) >= 11 is 1.21. The van der Waals surface area contributed by atoms with Crippen molar-refractivity contribution in [3.63, 3.8) is 0 Å². The van der Waals surface area contributed by atoms with Gasteiger partial charge < -0.3 is 14.7 Å². The molecule has 0 aromatic carbocycles. The van der Waals surface area contributed by atoms with Gasteiger partial charge in [0.1, 0.15) is 0 Å². The van der Waals surface area contributed by atoms with Crippen molar-refractivity contribution in [2.45, 2.75) is 44.0 Å². The molecule has 0 aliphatic carbocycles. The summed E-state index contributed by atoms with van der Waals surface area (Å²) in [4.78, 5) is 12.9. The average Bonchev–Trinajstić information content (AvgIpc) is 2.89. The quantitative estimate of drug-likeness (QED) is 0.800. The number of nitrogens with zero attached hydrogens (tertiary/aromatic N) is 4. The SMILES string of the molecule is COC1CCN(c2nnc(SCC(=O)O)n2C(C)C)CC1. The number of anilines is 1. The smallest absolute Gasteiger partial charge is 0.313 e. The van der Waals surface area contributed by atoms with Gasteiger partial charge in [-0.1, -0.05) is 11.8 Å². The molecular weight excluding hydrogens is 292 g/mol. The van der Waals surface area contributed by atoms with E-state index >= 15 is 0 Å². The molecule has 0 bridgehead atoms. The molecule has 1 fully saturated rings. The van der Waals surface area contributed by atoms with Crippen LogP contribution in [-0.4, -0.2) is 57.9 Å². The fourth-order valence-electron chi connectivity index (χ4n) is 2.45. The lowest BCUT2D eigenvalue weighted by Gasteiger charge is -2.32. The minimum absolute atomic E-state index is 0.00337. The lowest BCUT2D eigenvalue weighted by atomic mass is 10.1. The number of thioether (sulfide) groups is 1. The maximum absolute atomic E-state index is 10.7. The van der Waals surface area contributed by atoms with E-state index in [0.717, 1.165) is 31.9 Å². The van der Waals surface area contributed by atoms with Gasteiger partial charge in [0.05, 0.1) is 11.9 Å². The van der Waals surface area contributed by atoms with Gasteiger partial charge >= 0.3 is 5.97 Å². The maximum atomic E-state index is 10.7. The highest BCUT2D eigenvalue weighted by atomic mass is 32.2. The van der Waals surface area contributed by atoms with Crippen molar-refractivity contribution in [1.82, 2.24) is 14.8 Å². The molecule has 0 saturated carbocycles. The van der Waals surface area contributed by atoms with E-state index < -0.39 is 5.97 Å². The highest BCUT2D eigenvalue weighted by Gasteiger charge is 2.25. The lowest BCUT2D eigenvalue weighted by molar-refractivity contribution is -0.133. The Balaban J connectivity index is 2.14. The summed E-state index contributed by atoms with van der Waals surface area (Å²) in [5.74, 6) is -0.0235. The van der Waals surface area contributed by atoms with Gasteiger partial charge in [-0.2, -0.15) is 0 Å². The number of hydrogen-bond donors (Lipinski definition) is 1. The molecule has 0 atom stereocenters. The standard InChI is InChI=1S/C13H22N4O3S/c1-9(2)17-12(14-15-13(17)21-8-11(18)19)16-6-4-10(20-3)5-7-16/h9-10H,4-8H2,1-3H3,(H,18,19). The molecule has 118 valence electrons. The molecule has 1 saturated heterocycles. The second-order valence-electron chi connectivity index (χ2n) is 5.35. The summed E-state index contributed by atoms with van der Waals surface area (Å²) in [7, 11) is 1.75. The van der Waals surface area contributed by atoms with Crippen molar-refractivity contribution in [1.29, 1.82) is 0 Å². The number of aliphatic carboxylic acids is 1. The maximum Gasteiger partial charge on any atom is 0.313 e. The van der Waals surface area contributed by atoms with E-state index in [1.807, 2.05) is 4.57 Å². The van der Waals surface area contributed by atoms with Crippen LogP contribution in [0.2, 0.25) is 0 Å². The highest BCUT2D eigenvalue weighted by molar-refractivity contribution is 7.99. The first-order chi connectivity index (χ1) is 10.0. The number of carboxylic acid groups (broad SMARTS) is 1. The van der Waals surface area contributed by atoms with E-state index in [2.05, 4.69) is 28.9 Å². The van der Waals surface area contributed by atoms with Crippen LogP contribution >= 0.6 is 11.8 Å². The first kappa shape index (κ1) is 16.1. The molecule has 0 radical (unpaired) electrons. The number of ether oxygens (including phenoxy) is 1. The van der Waals surface area contributed by atoms with Crippen LogP contribution in [0.3, 0.4) is 0 Å². The Kier molecular flexibility index (Phi) is 5.46. The number of methoxy groups -OCH3 is 1. The second kappa shape index (κ2) is 7.13. The van der Waals surface area contributed by atoms with Gasteiger partial charge in [-0.25, -0.2) is 0 Å². The minimum Gasteiger partial charge on any atom is -0.481 e. The predicted octanol–water partition coefficient (Wildman–Crippen LogP) is 1.65. The van der Waals surface area contributed by atoms with Crippen molar-refractivity contribution in [3.05, 3.63) is 0 Å². The van der Waals surface area contributed by atoms with Crippen molar-refractivity contribution < 1.29 is 14.6 Å². The topological polar surface area (TPSA) is 80.5 Å². The molecule has 1 aliphatic heterocycles. The predicted molar refractivity (Wildman–Crippen MR) is 81.0 cm³/mol. The molecule has 0 spiro atoms. The van der Waals surface area contributed by atoms with E-state index in [1.54, 1.807) is 7.11 Å². The van der Waals surface area contributed by atoms with Gasteiger partial charge in [-0.05, 0) is 26.7 Å². The van der Waals surface area contributed by atoms with Gasteiger partial charge in [0.25, 0.3) is 0 Å². The van der Waals surface area contributed by atoms with Gasteiger partial charge in [0.2, 0.25) is 5.95 Å². The molecule has 2 heterocycles. The fraction of sp³-hybridized carbons (Fsp3) is 0.769. The van der Waals surface area contributed by atoms with Crippen molar-refractivity contribution >= 4 is 23.7 Å². The lowest BCUT2D eigenvalue weighted by Crippen LogP contribution is -2.38. The Labute approximate surface area is 128 Å². The first-order valence-corrected chi connectivity index (χ1v) is 8.08. The highest BCUT2D eigenvalue weighted by Crippen LogP contribution is 2.28. The molecule has 2 rings (SSSR count). The zero-order valence-electron chi connectivity index (χ0n) is 12.7. The van der Waals surface area contributed by atoms with Gasteiger partial charge in [-0.3, -0.25) is 9.36 Å². The number of piperidine rings is 1. The van der Waals surface area contributed by atoms with Gasteiger partial charge in [0.15, 0.2) is 5.16 Å². The number of hydrogen-bond acceptors (Lipinski definition) is 6. The summed E-state index contributed by atoms with van der Waals surface area (Å²) in [6.07, 6.45) is 2.26. The number of carbonyl (C=O) groups is 1. The van der Waals surface area contributed by atoms with Crippen LogP contribution < -0.4 is 4.90 Å². The number of rotatable bonds is 6. The first-order valence-electron chi connectivity index (χ1n) is 7.10.